The Hall–Kier alpha value is -3.53. The van der Waals surface area contributed by atoms with Gasteiger partial charge in [-0.3, -0.25) is 0 Å². The molecule has 0 spiro atoms. The molecule has 0 heterocycles. The highest BCUT2D eigenvalue weighted by Crippen LogP contribution is 2.25. The van der Waals surface area contributed by atoms with Crippen LogP contribution in [-0.2, 0) is 0 Å². The van der Waals surface area contributed by atoms with Crippen molar-refractivity contribution in [2.75, 3.05) is 6.61 Å². The van der Waals surface area contributed by atoms with Gasteiger partial charge in [-0.15, -0.1) is 0 Å². The van der Waals surface area contributed by atoms with Crippen molar-refractivity contribution in [2.24, 2.45) is 5.92 Å². The number of carbonyl (C=O) groups is 1. The van der Waals surface area contributed by atoms with Crippen LogP contribution in [0.3, 0.4) is 0 Å². The zero-order valence-electron chi connectivity index (χ0n) is 21.7. The van der Waals surface area contributed by atoms with Crippen molar-refractivity contribution in [1.29, 1.82) is 0 Å². The molecule has 0 N–H and O–H groups in total. The molecule has 3 rings (SSSR count). The molecule has 36 heavy (non-hydrogen) atoms. The van der Waals surface area contributed by atoms with Crippen molar-refractivity contribution >= 4 is 5.97 Å². The van der Waals surface area contributed by atoms with Gasteiger partial charge in [-0.25, -0.2) is 4.79 Å². The minimum Gasteiger partial charge on any atom is -0.493 e. The van der Waals surface area contributed by atoms with Crippen LogP contribution in [0.5, 0.6) is 17.2 Å². The molecule has 4 nitrogen and oxygen atoms in total. The van der Waals surface area contributed by atoms with Gasteiger partial charge in [0.05, 0.1) is 18.4 Å². The van der Waals surface area contributed by atoms with Gasteiger partial charge >= 0.3 is 5.97 Å². The molecule has 1 unspecified atom stereocenters. The molecule has 0 saturated heterocycles. The molecule has 0 saturated carbocycles. The summed E-state index contributed by atoms with van der Waals surface area (Å²) in [5.74, 6) is 2.17. The van der Waals surface area contributed by atoms with E-state index in [1.165, 1.54) is 25.7 Å². The Morgan fingerprint density at radius 3 is 2.00 bits per heavy atom. The van der Waals surface area contributed by atoms with Crippen molar-refractivity contribution < 1.29 is 19.0 Å². The molecule has 0 bridgehead atoms. The van der Waals surface area contributed by atoms with Gasteiger partial charge in [-0.05, 0) is 84.5 Å². The summed E-state index contributed by atoms with van der Waals surface area (Å²) in [7, 11) is 0. The van der Waals surface area contributed by atoms with E-state index < -0.39 is 5.97 Å². The van der Waals surface area contributed by atoms with Crippen molar-refractivity contribution in [1.82, 2.24) is 0 Å². The first-order valence-corrected chi connectivity index (χ1v) is 13.1. The smallest absolute Gasteiger partial charge is 0.343 e. The van der Waals surface area contributed by atoms with Crippen molar-refractivity contribution in [2.45, 2.75) is 59.3 Å². The van der Waals surface area contributed by atoms with E-state index in [-0.39, 0.29) is 0 Å². The molecule has 1 atom stereocenters. The monoisotopic (exact) mass is 486 g/mol. The Morgan fingerprint density at radius 1 is 0.778 bits per heavy atom. The van der Waals surface area contributed by atoms with Crippen LogP contribution in [0, 0.1) is 5.92 Å². The molecule has 3 aromatic rings. The maximum absolute atomic E-state index is 12.5. The third-order valence-electron chi connectivity index (χ3n) is 6.10. The molecule has 0 aliphatic carbocycles. The van der Waals surface area contributed by atoms with Crippen LogP contribution in [0.4, 0.5) is 0 Å². The van der Waals surface area contributed by atoms with Crippen molar-refractivity contribution in [3.05, 3.63) is 90.7 Å². The highest BCUT2D eigenvalue weighted by molar-refractivity contribution is 5.91. The lowest BCUT2D eigenvalue weighted by atomic mass is 10.1. The van der Waals surface area contributed by atoms with Crippen LogP contribution in [0.25, 0.3) is 11.1 Å². The third kappa shape index (κ3) is 8.92. The zero-order valence-corrected chi connectivity index (χ0v) is 21.7. The quantitative estimate of drug-likeness (QED) is 0.0988. The molecule has 0 aromatic heterocycles. The standard InChI is InChI=1S/C32H38O4/c1-4-6-7-8-9-10-23-34-29-17-11-26(12-18-29)27-13-21-31(22-14-27)36-32(33)28-15-19-30(20-16-28)35-24-25(3)5-2/h10-23,25H,4-9,24H2,1-3H3. The van der Waals surface area contributed by atoms with E-state index in [1.807, 2.05) is 48.5 Å². The Balaban J connectivity index is 1.48. The van der Waals surface area contributed by atoms with Crippen LogP contribution in [0.15, 0.2) is 85.1 Å². The summed E-state index contributed by atoms with van der Waals surface area (Å²) in [4.78, 5) is 12.5. The predicted molar refractivity (Wildman–Crippen MR) is 147 cm³/mol. The van der Waals surface area contributed by atoms with Gasteiger partial charge in [0.1, 0.15) is 17.2 Å². The summed E-state index contributed by atoms with van der Waals surface area (Å²) < 4.78 is 17.0. The number of allylic oxidation sites excluding steroid dienone is 1. The number of carbonyl (C=O) groups excluding carboxylic acids is 1. The fraction of sp³-hybridized carbons (Fsp3) is 0.344. The van der Waals surface area contributed by atoms with Crippen molar-refractivity contribution in [3.8, 4) is 28.4 Å². The minimum atomic E-state index is -0.392. The Kier molecular flexibility index (Phi) is 11.1. The molecule has 190 valence electrons. The van der Waals surface area contributed by atoms with E-state index in [1.54, 1.807) is 30.5 Å². The molecular formula is C32H38O4. The van der Waals surface area contributed by atoms with Crippen LogP contribution in [-0.4, -0.2) is 12.6 Å². The number of hydrogen-bond donors (Lipinski definition) is 0. The maximum Gasteiger partial charge on any atom is 0.343 e. The normalized spacial score (nSPS) is 11.9. The summed E-state index contributed by atoms with van der Waals surface area (Å²) in [5, 5.41) is 0. The van der Waals surface area contributed by atoms with Crippen LogP contribution in [0.1, 0.15) is 69.7 Å². The van der Waals surface area contributed by atoms with Gasteiger partial charge in [-0.1, -0.05) is 70.7 Å². The van der Waals surface area contributed by atoms with E-state index >= 15 is 0 Å². The highest BCUT2D eigenvalue weighted by Gasteiger charge is 2.10. The average Bonchev–Trinajstić information content (AvgIpc) is 2.92. The number of rotatable bonds is 14. The molecule has 0 aliphatic heterocycles. The lowest BCUT2D eigenvalue weighted by Crippen LogP contribution is -2.09. The summed E-state index contributed by atoms with van der Waals surface area (Å²) in [6, 6.07) is 22.5. The number of benzene rings is 3. The summed E-state index contributed by atoms with van der Waals surface area (Å²) >= 11 is 0. The van der Waals surface area contributed by atoms with E-state index in [9.17, 15) is 4.79 Å². The van der Waals surface area contributed by atoms with Crippen LogP contribution < -0.4 is 14.2 Å². The number of unbranched alkanes of at least 4 members (excludes halogenated alkanes) is 4. The molecule has 3 aromatic carbocycles. The van der Waals surface area contributed by atoms with E-state index in [0.29, 0.717) is 23.8 Å². The Morgan fingerprint density at radius 2 is 1.39 bits per heavy atom. The fourth-order valence-electron chi connectivity index (χ4n) is 3.53. The first-order chi connectivity index (χ1) is 17.6. The van der Waals surface area contributed by atoms with Crippen LogP contribution >= 0.6 is 0 Å². The van der Waals surface area contributed by atoms with Crippen molar-refractivity contribution in [3.63, 3.8) is 0 Å². The first kappa shape index (κ1) is 27.1. The number of hydrogen-bond acceptors (Lipinski definition) is 4. The highest BCUT2D eigenvalue weighted by atomic mass is 16.5. The second-order valence-corrected chi connectivity index (χ2v) is 9.13. The summed E-state index contributed by atoms with van der Waals surface area (Å²) in [6.07, 6.45) is 11.0. The largest absolute Gasteiger partial charge is 0.493 e. The SMILES string of the molecule is CCCCCCC=COc1ccc(-c2ccc(OC(=O)c3ccc(OCC(C)CC)cc3)cc2)cc1. The minimum absolute atomic E-state index is 0.392. The first-order valence-electron chi connectivity index (χ1n) is 13.1. The van der Waals surface area contributed by atoms with Gasteiger partial charge in [0.15, 0.2) is 0 Å². The fourth-order valence-corrected chi connectivity index (χ4v) is 3.53. The van der Waals surface area contributed by atoms with E-state index in [4.69, 9.17) is 14.2 Å². The lowest BCUT2D eigenvalue weighted by molar-refractivity contribution is 0.0734. The Labute approximate surface area is 215 Å². The van der Waals surface area contributed by atoms with Gasteiger partial charge in [0, 0.05) is 0 Å². The van der Waals surface area contributed by atoms with Gasteiger partial charge in [-0.2, -0.15) is 0 Å². The van der Waals surface area contributed by atoms with E-state index in [0.717, 1.165) is 35.5 Å². The molecule has 4 heteroatoms. The number of esters is 1. The molecule has 0 amide bonds. The second-order valence-electron chi connectivity index (χ2n) is 9.13. The molecule has 0 fully saturated rings. The van der Waals surface area contributed by atoms with Gasteiger partial charge in [0.25, 0.3) is 0 Å². The zero-order chi connectivity index (χ0) is 25.6. The third-order valence-corrected chi connectivity index (χ3v) is 6.10. The average molecular weight is 487 g/mol. The predicted octanol–water partition coefficient (Wildman–Crippen LogP) is 8.86. The second kappa shape index (κ2) is 14.8. The molecule has 0 aliphatic rings. The van der Waals surface area contributed by atoms with Gasteiger partial charge < -0.3 is 14.2 Å². The van der Waals surface area contributed by atoms with E-state index in [2.05, 4.69) is 26.8 Å². The van der Waals surface area contributed by atoms with Crippen LogP contribution in [0.2, 0.25) is 0 Å². The maximum atomic E-state index is 12.5. The summed E-state index contributed by atoms with van der Waals surface area (Å²) in [6.45, 7) is 7.17. The Bertz CT molecular complexity index is 1070. The summed E-state index contributed by atoms with van der Waals surface area (Å²) in [5.41, 5.74) is 2.59. The lowest BCUT2D eigenvalue weighted by Gasteiger charge is -2.11. The number of ether oxygens (including phenoxy) is 3. The molecular weight excluding hydrogens is 448 g/mol. The topological polar surface area (TPSA) is 44.8 Å². The van der Waals surface area contributed by atoms with Gasteiger partial charge in [0.2, 0.25) is 0 Å². The molecule has 0 radical (unpaired) electrons.